The lowest BCUT2D eigenvalue weighted by atomic mass is 10.1. The molecule has 1 saturated carbocycles. The first-order valence-corrected chi connectivity index (χ1v) is 7.66. The molecular weight excluding hydrogens is 294 g/mol. The van der Waals surface area contributed by atoms with E-state index in [1.807, 2.05) is 25.5 Å². The third-order valence-electron chi connectivity index (χ3n) is 3.76. The fraction of sp³-hybridized carbons (Fsp3) is 0.643. The van der Waals surface area contributed by atoms with Gasteiger partial charge >= 0.3 is 0 Å². The van der Waals surface area contributed by atoms with Crippen LogP contribution in [0.4, 0.5) is 0 Å². The Morgan fingerprint density at radius 3 is 2.70 bits per heavy atom. The van der Waals surface area contributed by atoms with Gasteiger partial charge in [0.25, 0.3) is 0 Å². The van der Waals surface area contributed by atoms with Gasteiger partial charge in [0.15, 0.2) is 0 Å². The molecule has 0 spiro atoms. The first kappa shape index (κ1) is 17.4. The van der Waals surface area contributed by atoms with Gasteiger partial charge in [-0.3, -0.25) is 9.69 Å². The van der Waals surface area contributed by atoms with E-state index in [1.165, 1.54) is 17.7 Å². The molecule has 4 nitrogen and oxygen atoms in total. The Labute approximate surface area is 131 Å². The van der Waals surface area contributed by atoms with Crippen LogP contribution < -0.4 is 5.73 Å². The lowest BCUT2D eigenvalue weighted by Gasteiger charge is -2.28. The van der Waals surface area contributed by atoms with Crippen molar-refractivity contribution in [3.05, 3.63) is 22.4 Å². The second-order valence-corrected chi connectivity index (χ2v) is 6.42. The van der Waals surface area contributed by atoms with E-state index in [2.05, 4.69) is 11.0 Å². The van der Waals surface area contributed by atoms with Gasteiger partial charge in [0.05, 0.1) is 13.1 Å². The Kier molecular flexibility index (Phi) is 6.95. The number of amides is 1. The van der Waals surface area contributed by atoms with Gasteiger partial charge in [0.2, 0.25) is 5.91 Å². The molecular formula is C14H24ClN3OS. The van der Waals surface area contributed by atoms with Crippen molar-refractivity contribution >= 4 is 29.7 Å². The first-order valence-electron chi connectivity index (χ1n) is 6.78. The maximum Gasteiger partial charge on any atom is 0.236 e. The number of nitrogens with zero attached hydrogens (tertiary/aromatic N) is 2. The molecule has 6 heteroatoms. The summed E-state index contributed by atoms with van der Waals surface area (Å²) in [6.45, 7) is 1.80. The summed E-state index contributed by atoms with van der Waals surface area (Å²) in [6.07, 6.45) is 2.51. The van der Waals surface area contributed by atoms with Crippen LogP contribution in [0.25, 0.3) is 0 Å². The van der Waals surface area contributed by atoms with E-state index in [9.17, 15) is 4.79 Å². The number of hydrogen-bond donors (Lipinski definition) is 1. The van der Waals surface area contributed by atoms with Crippen molar-refractivity contribution in [1.82, 2.24) is 9.80 Å². The fourth-order valence-electron chi connectivity index (χ4n) is 2.39. The molecule has 2 rings (SSSR count). The maximum atomic E-state index is 12.2. The molecule has 0 radical (unpaired) electrons. The van der Waals surface area contributed by atoms with Gasteiger partial charge in [-0.1, -0.05) is 6.07 Å². The quantitative estimate of drug-likeness (QED) is 0.834. The highest BCUT2D eigenvalue weighted by Crippen LogP contribution is 2.34. The van der Waals surface area contributed by atoms with Gasteiger partial charge in [-0.05, 0) is 37.3 Å². The Hall–Kier alpha value is -0.620. The number of thiophene rings is 1. The number of carbonyl (C=O) groups is 1. The smallest absolute Gasteiger partial charge is 0.236 e. The van der Waals surface area contributed by atoms with Crippen molar-refractivity contribution in [1.29, 1.82) is 0 Å². The summed E-state index contributed by atoms with van der Waals surface area (Å²) in [5, 5.41) is 2.04. The average molecular weight is 318 g/mol. The predicted molar refractivity (Wildman–Crippen MR) is 86.2 cm³/mol. The fourth-order valence-corrected chi connectivity index (χ4v) is 3.15. The number of likely N-dealkylation sites (N-methyl/N-ethyl adjacent to an activating group) is 2. The highest BCUT2D eigenvalue weighted by molar-refractivity contribution is 7.09. The molecule has 2 N–H and O–H groups in total. The number of nitrogens with two attached hydrogens (primary N) is 1. The second kappa shape index (κ2) is 7.98. The van der Waals surface area contributed by atoms with Crippen molar-refractivity contribution < 1.29 is 4.79 Å². The van der Waals surface area contributed by atoms with E-state index in [0.29, 0.717) is 31.6 Å². The predicted octanol–water partition coefficient (Wildman–Crippen LogP) is 1.80. The van der Waals surface area contributed by atoms with E-state index in [0.717, 1.165) is 0 Å². The summed E-state index contributed by atoms with van der Waals surface area (Å²) >= 11 is 1.69. The minimum Gasteiger partial charge on any atom is -0.340 e. The molecule has 0 aromatic carbocycles. The zero-order valence-electron chi connectivity index (χ0n) is 12.1. The van der Waals surface area contributed by atoms with Crippen LogP contribution in [0.2, 0.25) is 0 Å². The van der Waals surface area contributed by atoms with Gasteiger partial charge in [0, 0.05) is 24.5 Å². The van der Waals surface area contributed by atoms with Crippen LogP contribution >= 0.6 is 23.7 Å². The van der Waals surface area contributed by atoms with Gasteiger partial charge in [-0.2, -0.15) is 0 Å². The second-order valence-electron chi connectivity index (χ2n) is 5.38. The normalized spacial score (nSPS) is 15.8. The van der Waals surface area contributed by atoms with E-state index >= 15 is 0 Å². The summed E-state index contributed by atoms with van der Waals surface area (Å²) in [7, 11) is 3.87. The minimum absolute atomic E-state index is 0. The van der Waals surface area contributed by atoms with Crippen LogP contribution in [0, 0.1) is 5.92 Å². The maximum absolute atomic E-state index is 12.2. The number of carbonyl (C=O) groups excluding carboxylic acids is 1. The molecule has 20 heavy (non-hydrogen) atoms. The highest BCUT2D eigenvalue weighted by Gasteiger charge is 2.33. The van der Waals surface area contributed by atoms with E-state index in [-0.39, 0.29) is 18.3 Å². The summed E-state index contributed by atoms with van der Waals surface area (Å²) in [5.74, 6) is 0.861. The largest absolute Gasteiger partial charge is 0.340 e. The van der Waals surface area contributed by atoms with Gasteiger partial charge in [-0.15, -0.1) is 23.7 Å². The van der Waals surface area contributed by atoms with Gasteiger partial charge in [-0.25, -0.2) is 0 Å². The molecule has 1 fully saturated rings. The Morgan fingerprint density at radius 2 is 2.20 bits per heavy atom. The van der Waals surface area contributed by atoms with Gasteiger partial charge < -0.3 is 10.6 Å². The molecule has 0 bridgehead atoms. The van der Waals surface area contributed by atoms with Crippen LogP contribution in [0.1, 0.15) is 17.7 Å². The van der Waals surface area contributed by atoms with Crippen molar-refractivity contribution in [3.63, 3.8) is 0 Å². The van der Waals surface area contributed by atoms with Crippen LogP contribution in [0.15, 0.2) is 17.5 Å². The average Bonchev–Trinajstić information content (AvgIpc) is 3.07. The zero-order chi connectivity index (χ0) is 13.8. The van der Waals surface area contributed by atoms with Gasteiger partial charge in [0.1, 0.15) is 0 Å². The summed E-state index contributed by atoms with van der Waals surface area (Å²) < 4.78 is 0. The molecule has 0 aliphatic heterocycles. The number of halogens is 1. The van der Waals surface area contributed by atoms with Crippen molar-refractivity contribution in [2.75, 3.05) is 27.2 Å². The Bertz CT molecular complexity index is 409. The Balaban J connectivity index is 0.00000200. The monoisotopic (exact) mass is 317 g/mol. The lowest BCUT2D eigenvalue weighted by molar-refractivity contribution is -0.131. The minimum atomic E-state index is 0. The van der Waals surface area contributed by atoms with Crippen LogP contribution in [0.3, 0.4) is 0 Å². The third-order valence-corrected chi connectivity index (χ3v) is 4.62. The van der Waals surface area contributed by atoms with Crippen LogP contribution in [0.5, 0.6) is 0 Å². The van der Waals surface area contributed by atoms with E-state index in [4.69, 9.17) is 5.73 Å². The zero-order valence-corrected chi connectivity index (χ0v) is 13.8. The van der Waals surface area contributed by atoms with E-state index in [1.54, 1.807) is 16.2 Å². The Morgan fingerprint density at radius 1 is 1.50 bits per heavy atom. The van der Waals surface area contributed by atoms with Crippen molar-refractivity contribution in [2.45, 2.75) is 25.4 Å². The van der Waals surface area contributed by atoms with Crippen molar-refractivity contribution in [2.24, 2.45) is 11.7 Å². The molecule has 1 aromatic rings. The first-order chi connectivity index (χ1) is 9.11. The molecule has 114 valence electrons. The highest BCUT2D eigenvalue weighted by atomic mass is 35.5. The standard InChI is InChI=1S/C14H23N3OS.ClH/c1-16(13(8-15)11-5-6-11)10-14(18)17(2)9-12-4-3-7-19-12;/h3-4,7,11,13H,5-6,8-10,15H2,1-2H3;1H. The molecule has 1 aromatic heterocycles. The number of rotatable bonds is 7. The summed E-state index contributed by atoms with van der Waals surface area (Å²) in [6, 6.07) is 4.44. The molecule has 0 saturated heterocycles. The number of hydrogen-bond acceptors (Lipinski definition) is 4. The molecule has 1 amide bonds. The lowest BCUT2D eigenvalue weighted by Crippen LogP contribution is -2.45. The molecule has 1 aliphatic rings. The third kappa shape index (κ3) is 4.74. The summed E-state index contributed by atoms with van der Waals surface area (Å²) in [5.41, 5.74) is 5.81. The van der Waals surface area contributed by atoms with Crippen LogP contribution in [-0.2, 0) is 11.3 Å². The molecule has 1 heterocycles. The van der Waals surface area contributed by atoms with Crippen molar-refractivity contribution in [3.8, 4) is 0 Å². The molecule has 1 aliphatic carbocycles. The van der Waals surface area contributed by atoms with E-state index < -0.39 is 0 Å². The molecule has 1 unspecified atom stereocenters. The molecule has 1 atom stereocenters. The summed E-state index contributed by atoms with van der Waals surface area (Å²) in [4.78, 5) is 17.3. The SMILES string of the molecule is CN(Cc1cccs1)C(=O)CN(C)C(CN)C1CC1.Cl. The topological polar surface area (TPSA) is 49.6 Å². The van der Waals surface area contributed by atoms with Crippen LogP contribution in [-0.4, -0.2) is 48.9 Å².